The van der Waals surface area contributed by atoms with E-state index in [4.69, 9.17) is 15.8 Å². The molecule has 0 bridgehead atoms. The van der Waals surface area contributed by atoms with Crippen LogP contribution in [0.15, 0.2) is 81.4 Å². The van der Waals surface area contributed by atoms with E-state index in [1.54, 1.807) is 42.5 Å². The molecule has 1 aliphatic carbocycles. The topological polar surface area (TPSA) is 174 Å². The van der Waals surface area contributed by atoms with Crippen LogP contribution < -0.4 is 10.6 Å². The number of carbonyl (C=O) groups excluding carboxylic acids is 2. The Labute approximate surface area is 262 Å². The number of ketones is 2. The summed E-state index contributed by atoms with van der Waals surface area (Å²) in [5.74, 6) is -0.886. The summed E-state index contributed by atoms with van der Waals surface area (Å²) in [7, 11) is 0. The predicted molar refractivity (Wildman–Crippen MR) is 161 cm³/mol. The lowest BCUT2D eigenvalue weighted by Gasteiger charge is -2.25. The van der Waals surface area contributed by atoms with Crippen LogP contribution in [0.4, 0.5) is 22.7 Å². The molecule has 16 heteroatoms. The van der Waals surface area contributed by atoms with Crippen LogP contribution in [0.25, 0.3) is 0 Å². The number of fused-ring (bicyclic) bond motifs is 2. The molecule has 228 valence electrons. The maximum atomic E-state index is 14.2. The van der Waals surface area contributed by atoms with E-state index < -0.39 is 11.6 Å². The number of benzene rings is 4. The smallest absolute Gasteiger partial charge is 0.196 e. The molecule has 0 fully saturated rings. The lowest BCUT2D eigenvalue weighted by molar-refractivity contribution is -0.432. The summed E-state index contributed by atoms with van der Waals surface area (Å²) in [6.07, 6.45) is 0. The fourth-order valence-corrected chi connectivity index (χ4v) is 6.06. The highest BCUT2D eigenvalue weighted by molar-refractivity contribution is 7.95. The second-order valence-electron chi connectivity index (χ2n) is 9.20. The van der Waals surface area contributed by atoms with Gasteiger partial charge in [0.05, 0.1) is 79.8 Å². The van der Waals surface area contributed by atoms with Crippen LogP contribution in [-0.2, 0) is 28.1 Å². The van der Waals surface area contributed by atoms with Crippen molar-refractivity contribution in [1.82, 2.24) is 0 Å². The molecule has 0 saturated heterocycles. The van der Waals surface area contributed by atoms with Crippen molar-refractivity contribution in [2.75, 3.05) is 10.6 Å². The molecule has 5 N–H and O–H groups in total. The first-order valence-electron chi connectivity index (χ1n) is 12.4. The zero-order chi connectivity index (χ0) is 31.2. The maximum Gasteiger partial charge on any atom is 0.196 e. The molecule has 5 rings (SSSR count). The summed E-state index contributed by atoms with van der Waals surface area (Å²) in [5.41, 5.74) is 3.91. The summed E-state index contributed by atoms with van der Waals surface area (Å²) in [6, 6.07) is 18.5. The molecule has 1 aliphatic rings. The number of hydrogen-bond donors (Lipinski definition) is 5. The minimum Gasteiger partial charge on any atom is -0.354 e. The molecular weight excluding hydrogens is 637 g/mol. The molecule has 13 nitrogen and oxygen atoms in total. The molecule has 0 radical (unpaired) electrons. The molecule has 0 spiro atoms. The van der Waals surface area contributed by atoms with Gasteiger partial charge in [0, 0.05) is 16.0 Å². The van der Waals surface area contributed by atoms with Gasteiger partial charge in [0.1, 0.15) is 0 Å². The second kappa shape index (κ2) is 14.5. The van der Waals surface area contributed by atoms with Gasteiger partial charge in [-0.15, -0.1) is 13.0 Å². The standard InChI is InChI=1S/C28H22N2O11S3/c1-14-3-7-19(23(11-14)43-40-37-34)29-21-9-10-22(30-20-8-4-15(2)12-24(20)44-41-38-35)26-25(21)27(31)17-6-5-16(42-39-36-33)13-18(17)28(26)32/h3-13,29-30,33-35H,1-2H3. The van der Waals surface area contributed by atoms with Gasteiger partial charge in [-0.05, 0) is 79.6 Å². The first-order valence-corrected chi connectivity index (χ1v) is 14.7. The maximum absolute atomic E-state index is 14.2. The molecule has 0 atom stereocenters. The molecule has 4 aromatic rings. The SMILES string of the molecule is Cc1ccc(Nc2ccc(Nc3ccc(C)cc3SOOO)c3c2C(=O)c2ccc(SOOO)cc2C3=O)c(SOOO)c1. The molecule has 0 heterocycles. The summed E-state index contributed by atoms with van der Waals surface area (Å²) < 4.78 is 13.8. The van der Waals surface area contributed by atoms with Gasteiger partial charge in [0.2, 0.25) is 0 Å². The number of aryl methyl sites for hydroxylation is 2. The zero-order valence-corrected chi connectivity index (χ0v) is 25.1. The van der Waals surface area contributed by atoms with E-state index in [0.717, 1.165) is 35.2 Å². The predicted octanol–water partition coefficient (Wildman–Crippen LogP) is 7.85. The molecular formula is C28H22N2O11S3. The van der Waals surface area contributed by atoms with Crippen molar-refractivity contribution in [1.29, 1.82) is 0 Å². The fourth-order valence-electron chi connectivity index (χ4n) is 4.57. The van der Waals surface area contributed by atoms with Gasteiger partial charge < -0.3 is 10.6 Å². The summed E-state index contributed by atoms with van der Waals surface area (Å²) in [4.78, 5) is 29.7. The highest BCUT2D eigenvalue weighted by Crippen LogP contribution is 2.42. The van der Waals surface area contributed by atoms with E-state index in [2.05, 4.69) is 38.7 Å². The number of hydrogen-bond acceptors (Lipinski definition) is 16. The van der Waals surface area contributed by atoms with Crippen LogP contribution in [0.2, 0.25) is 0 Å². The number of anilines is 4. The van der Waals surface area contributed by atoms with Gasteiger partial charge in [0.15, 0.2) is 11.6 Å². The first kappa shape index (κ1) is 31.9. The van der Waals surface area contributed by atoms with Gasteiger partial charge in [-0.2, -0.15) is 0 Å². The molecule has 0 unspecified atom stereocenters. The van der Waals surface area contributed by atoms with Gasteiger partial charge in [0.25, 0.3) is 0 Å². The van der Waals surface area contributed by atoms with E-state index in [0.29, 0.717) is 49.5 Å². The molecule has 0 amide bonds. The van der Waals surface area contributed by atoms with E-state index in [9.17, 15) is 9.59 Å². The lowest BCUT2D eigenvalue weighted by Crippen LogP contribution is -2.23. The van der Waals surface area contributed by atoms with Gasteiger partial charge >= 0.3 is 0 Å². The Balaban J connectivity index is 1.64. The number of rotatable bonds is 13. The van der Waals surface area contributed by atoms with Crippen molar-refractivity contribution in [2.24, 2.45) is 0 Å². The highest BCUT2D eigenvalue weighted by Gasteiger charge is 2.35. The normalized spacial score (nSPS) is 12.2. The fraction of sp³-hybridized carbons (Fsp3) is 0.0714. The second-order valence-corrected chi connectivity index (χ2v) is 11.5. The Morgan fingerprint density at radius 1 is 0.545 bits per heavy atom. The van der Waals surface area contributed by atoms with E-state index in [-0.39, 0.29) is 22.3 Å². The Morgan fingerprint density at radius 3 is 1.50 bits per heavy atom. The van der Waals surface area contributed by atoms with E-state index in [1.807, 2.05) is 26.0 Å². The van der Waals surface area contributed by atoms with Crippen molar-refractivity contribution < 1.29 is 53.5 Å². The summed E-state index contributed by atoms with van der Waals surface area (Å²) in [5, 5.41) is 43.6. The van der Waals surface area contributed by atoms with Crippen LogP contribution in [0.3, 0.4) is 0 Å². The van der Waals surface area contributed by atoms with E-state index >= 15 is 0 Å². The Hall–Kier alpha value is -3.49. The van der Waals surface area contributed by atoms with Crippen LogP contribution in [0, 0.1) is 13.8 Å². The molecule has 0 aromatic heterocycles. The Bertz CT molecular complexity index is 1720. The monoisotopic (exact) mass is 658 g/mol. The minimum atomic E-state index is -0.458. The minimum absolute atomic E-state index is 0.0843. The number of nitrogens with one attached hydrogen (secondary N) is 2. The first-order chi connectivity index (χ1) is 21.3. The van der Waals surface area contributed by atoms with Crippen molar-refractivity contribution in [3.63, 3.8) is 0 Å². The van der Waals surface area contributed by atoms with Crippen LogP contribution in [0.5, 0.6) is 0 Å². The molecule has 0 saturated carbocycles. The third-order valence-corrected chi connectivity index (χ3v) is 8.29. The quantitative estimate of drug-likeness (QED) is 0.0469. The van der Waals surface area contributed by atoms with Crippen molar-refractivity contribution in [2.45, 2.75) is 28.5 Å². The Kier molecular flexibility index (Phi) is 10.5. The number of carbonyl (C=O) groups is 2. The third kappa shape index (κ3) is 6.92. The molecule has 4 aromatic carbocycles. The largest absolute Gasteiger partial charge is 0.354 e. The third-order valence-electron chi connectivity index (χ3n) is 6.42. The van der Waals surface area contributed by atoms with Crippen LogP contribution >= 0.6 is 36.1 Å². The van der Waals surface area contributed by atoms with Gasteiger partial charge in [-0.25, -0.2) is 15.8 Å². The van der Waals surface area contributed by atoms with Crippen molar-refractivity contribution >= 4 is 70.4 Å². The van der Waals surface area contributed by atoms with Crippen LogP contribution in [-0.4, -0.2) is 27.3 Å². The van der Waals surface area contributed by atoms with Crippen molar-refractivity contribution in [3.05, 3.63) is 100 Å². The highest BCUT2D eigenvalue weighted by atomic mass is 32.2. The van der Waals surface area contributed by atoms with Gasteiger partial charge in [-0.3, -0.25) is 9.59 Å². The molecule has 44 heavy (non-hydrogen) atoms. The average molecular weight is 659 g/mol. The zero-order valence-electron chi connectivity index (χ0n) is 22.7. The summed E-state index contributed by atoms with van der Waals surface area (Å²) in [6.45, 7) is 3.74. The van der Waals surface area contributed by atoms with E-state index in [1.165, 1.54) is 12.1 Å². The van der Waals surface area contributed by atoms with Crippen LogP contribution in [0.1, 0.15) is 43.0 Å². The average Bonchev–Trinajstić information content (AvgIpc) is 3.03. The molecule has 0 aliphatic heterocycles. The lowest BCUT2D eigenvalue weighted by atomic mass is 9.82. The Morgan fingerprint density at radius 2 is 1.00 bits per heavy atom. The summed E-state index contributed by atoms with van der Waals surface area (Å²) >= 11 is 2.14. The van der Waals surface area contributed by atoms with Gasteiger partial charge in [-0.1, -0.05) is 27.2 Å². The van der Waals surface area contributed by atoms with Crippen molar-refractivity contribution in [3.8, 4) is 0 Å².